The number of ether oxygens (including phenoxy) is 1. The Labute approximate surface area is 182 Å². The fraction of sp³-hybridized carbons (Fsp3) is 0.400. The standard InChI is InChI=1S/C25H29NO5/c1-3-31-25(30)20(14-13-18-9-5-4-6-10-18)15-17(2)23(27)26-21-12-8-7-11-19(21)16-22(26)24(28)29/h4-12,17,20,22H,3,13-16H2,1-2H3,(H,28,29)/t17-,20-,22?/m1/s1. The molecule has 0 aromatic heterocycles. The molecule has 0 bridgehead atoms. The molecule has 1 heterocycles. The predicted octanol–water partition coefficient (Wildman–Crippen LogP) is 3.87. The number of fused-ring (bicyclic) bond motifs is 1. The van der Waals surface area contributed by atoms with Crippen molar-refractivity contribution >= 4 is 23.5 Å². The molecule has 0 fully saturated rings. The average Bonchev–Trinajstić information content (AvgIpc) is 3.16. The molecular formula is C25H29NO5. The Bertz CT molecular complexity index is 927. The summed E-state index contributed by atoms with van der Waals surface area (Å²) in [5.74, 6) is -2.55. The second kappa shape index (κ2) is 10.2. The Morgan fingerprint density at radius 1 is 1.10 bits per heavy atom. The first-order valence-corrected chi connectivity index (χ1v) is 10.8. The lowest BCUT2D eigenvalue weighted by Gasteiger charge is -2.27. The van der Waals surface area contributed by atoms with Gasteiger partial charge in [0.2, 0.25) is 5.91 Å². The van der Waals surface area contributed by atoms with E-state index in [-0.39, 0.29) is 18.5 Å². The Hall–Kier alpha value is -3.15. The number of aliphatic carboxylic acids is 1. The van der Waals surface area contributed by atoms with Gasteiger partial charge in [0.1, 0.15) is 6.04 Å². The number of rotatable bonds is 9. The molecule has 1 unspecified atom stereocenters. The number of nitrogens with zero attached hydrogens (tertiary/aromatic N) is 1. The molecule has 0 saturated heterocycles. The number of benzene rings is 2. The third-order valence-corrected chi connectivity index (χ3v) is 5.80. The number of carboxylic acids is 1. The summed E-state index contributed by atoms with van der Waals surface area (Å²) in [6, 6.07) is 16.2. The van der Waals surface area contributed by atoms with E-state index in [0.29, 0.717) is 31.4 Å². The molecule has 2 aromatic carbocycles. The number of carboxylic acid groups (broad SMARTS) is 1. The molecule has 1 amide bonds. The van der Waals surface area contributed by atoms with E-state index in [1.165, 1.54) is 4.90 Å². The van der Waals surface area contributed by atoms with Crippen LogP contribution < -0.4 is 4.90 Å². The predicted molar refractivity (Wildman–Crippen MR) is 118 cm³/mol. The van der Waals surface area contributed by atoms with Crippen LogP contribution in [0.3, 0.4) is 0 Å². The van der Waals surface area contributed by atoms with E-state index in [0.717, 1.165) is 11.1 Å². The third kappa shape index (κ3) is 5.32. The number of carbonyl (C=O) groups is 3. The fourth-order valence-corrected chi connectivity index (χ4v) is 4.20. The molecule has 2 aromatic rings. The molecule has 0 saturated carbocycles. The number of hydrogen-bond donors (Lipinski definition) is 1. The number of esters is 1. The summed E-state index contributed by atoms with van der Waals surface area (Å²) in [6.07, 6.45) is 1.88. The summed E-state index contributed by atoms with van der Waals surface area (Å²) >= 11 is 0. The summed E-state index contributed by atoms with van der Waals surface area (Å²) in [5, 5.41) is 9.67. The molecule has 1 N–H and O–H groups in total. The van der Waals surface area contributed by atoms with Crippen molar-refractivity contribution < 1.29 is 24.2 Å². The van der Waals surface area contributed by atoms with E-state index in [4.69, 9.17) is 4.74 Å². The van der Waals surface area contributed by atoms with Gasteiger partial charge in [0.25, 0.3) is 0 Å². The minimum Gasteiger partial charge on any atom is -0.480 e. The molecule has 164 valence electrons. The van der Waals surface area contributed by atoms with Crippen LogP contribution in [0, 0.1) is 11.8 Å². The van der Waals surface area contributed by atoms with Gasteiger partial charge in [-0.2, -0.15) is 0 Å². The number of aryl methyl sites for hydroxylation is 1. The zero-order chi connectivity index (χ0) is 22.4. The van der Waals surface area contributed by atoms with Gasteiger partial charge in [0.05, 0.1) is 12.5 Å². The van der Waals surface area contributed by atoms with Crippen LogP contribution in [0.5, 0.6) is 0 Å². The highest BCUT2D eigenvalue weighted by molar-refractivity contribution is 6.03. The normalized spacial score (nSPS) is 17.0. The van der Waals surface area contributed by atoms with Gasteiger partial charge in [-0.05, 0) is 43.4 Å². The van der Waals surface area contributed by atoms with Crippen LogP contribution in [0.15, 0.2) is 54.6 Å². The summed E-state index contributed by atoms with van der Waals surface area (Å²) in [5.41, 5.74) is 2.61. The van der Waals surface area contributed by atoms with Crippen LogP contribution in [0.2, 0.25) is 0 Å². The summed E-state index contributed by atoms with van der Waals surface area (Å²) < 4.78 is 5.26. The van der Waals surface area contributed by atoms with Gasteiger partial charge in [0.15, 0.2) is 0 Å². The molecule has 6 heteroatoms. The molecular weight excluding hydrogens is 394 g/mol. The number of para-hydroxylation sites is 1. The van der Waals surface area contributed by atoms with Crippen LogP contribution in [-0.2, 0) is 32.0 Å². The highest BCUT2D eigenvalue weighted by Gasteiger charge is 2.40. The van der Waals surface area contributed by atoms with E-state index in [2.05, 4.69) is 0 Å². The fourth-order valence-electron chi connectivity index (χ4n) is 4.20. The third-order valence-electron chi connectivity index (χ3n) is 5.80. The lowest BCUT2D eigenvalue weighted by Crippen LogP contribution is -2.45. The van der Waals surface area contributed by atoms with Crippen molar-refractivity contribution in [2.45, 2.75) is 45.6 Å². The Morgan fingerprint density at radius 2 is 1.77 bits per heavy atom. The first-order chi connectivity index (χ1) is 14.9. The largest absolute Gasteiger partial charge is 0.480 e. The molecule has 6 nitrogen and oxygen atoms in total. The van der Waals surface area contributed by atoms with E-state index in [1.807, 2.05) is 42.5 Å². The van der Waals surface area contributed by atoms with Gasteiger partial charge in [-0.25, -0.2) is 4.79 Å². The van der Waals surface area contributed by atoms with Crippen molar-refractivity contribution in [3.63, 3.8) is 0 Å². The van der Waals surface area contributed by atoms with Crippen LogP contribution in [0.25, 0.3) is 0 Å². The second-order valence-electron chi connectivity index (χ2n) is 8.01. The Balaban J connectivity index is 1.75. The van der Waals surface area contributed by atoms with Gasteiger partial charge in [0, 0.05) is 18.0 Å². The summed E-state index contributed by atoms with van der Waals surface area (Å²) in [6.45, 7) is 3.81. The zero-order valence-electron chi connectivity index (χ0n) is 18.0. The number of carbonyl (C=O) groups excluding carboxylic acids is 2. The monoisotopic (exact) mass is 423 g/mol. The molecule has 1 aliphatic heterocycles. The average molecular weight is 424 g/mol. The molecule has 0 radical (unpaired) electrons. The quantitative estimate of drug-likeness (QED) is 0.619. The maximum absolute atomic E-state index is 13.3. The Kier molecular flexibility index (Phi) is 7.45. The number of anilines is 1. The van der Waals surface area contributed by atoms with Crippen LogP contribution in [0.1, 0.15) is 37.8 Å². The van der Waals surface area contributed by atoms with Crippen molar-refractivity contribution in [3.8, 4) is 0 Å². The maximum Gasteiger partial charge on any atom is 0.327 e. The van der Waals surface area contributed by atoms with E-state index >= 15 is 0 Å². The van der Waals surface area contributed by atoms with E-state index < -0.39 is 23.8 Å². The highest BCUT2D eigenvalue weighted by atomic mass is 16.5. The van der Waals surface area contributed by atoms with Crippen LogP contribution in [-0.4, -0.2) is 35.6 Å². The van der Waals surface area contributed by atoms with E-state index in [9.17, 15) is 19.5 Å². The zero-order valence-corrected chi connectivity index (χ0v) is 18.0. The topological polar surface area (TPSA) is 83.9 Å². The number of amides is 1. The van der Waals surface area contributed by atoms with Crippen LogP contribution >= 0.6 is 0 Å². The maximum atomic E-state index is 13.3. The van der Waals surface area contributed by atoms with Crippen molar-refractivity contribution in [3.05, 3.63) is 65.7 Å². The van der Waals surface area contributed by atoms with Gasteiger partial charge in [-0.15, -0.1) is 0 Å². The highest BCUT2D eigenvalue weighted by Crippen LogP contribution is 2.34. The van der Waals surface area contributed by atoms with Gasteiger partial charge < -0.3 is 9.84 Å². The first kappa shape index (κ1) is 22.5. The molecule has 0 aliphatic carbocycles. The van der Waals surface area contributed by atoms with Gasteiger partial charge in [-0.3, -0.25) is 14.5 Å². The summed E-state index contributed by atoms with van der Waals surface area (Å²) in [7, 11) is 0. The smallest absolute Gasteiger partial charge is 0.327 e. The SMILES string of the molecule is CCOC(=O)[C@H](CCc1ccccc1)C[C@@H](C)C(=O)N1c2ccccc2CC1C(=O)O. The van der Waals surface area contributed by atoms with Crippen molar-refractivity contribution in [2.24, 2.45) is 11.8 Å². The van der Waals surface area contributed by atoms with Gasteiger partial charge >= 0.3 is 11.9 Å². The Morgan fingerprint density at radius 3 is 2.45 bits per heavy atom. The minimum atomic E-state index is -1.03. The second-order valence-corrected chi connectivity index (χ2v) is 8.01. The summed E-state index contributed by atoms with van der Waals surface area (Å²) in [4.78, 5) is 39.1. The lowest BCUT2D eigenvalue weighted by atomic mass is 9.89. The first-order valence-electron chi connectivity index (χ1n) is 10.8. The van der Waals surface area contributed by atoms with E-state index in [1.54, 1.807) is 26.0 Å². The molecule has 0 spiro atoms. The molecule has 31 heavy (non-hydrogen) atoms. The minimum absolute atomic E-state index is 0.272. The number of hydrogen-bond acceptors (Lipinski definition) is 4. The lowest BCUT2D eigenvalue weighted by molar-refractivity contribution is -0.149. The van der Waals surface area contributed by atoms with Crippen molar-refractivity contribution in [1.82, 2.24) is 0 Å². The molecule has 3 atom stereocenters. The van der Waals surface area contributed by atoms with Crippen LogP contribution in [0.4, 0.5) is 5.69 Å². The van der Waals surface area contributed by atoms with Gasteiger partial charge in [-0.1, -0.05) is 55.5 Å². The molecule has 3 rings (SSSR count). The molecule has 1 aliphatic rings. The van der Waals surface area contributed by atoms with Crippen molar-refractivity contribution in [1.29, 1.82) is 0 Å². The van der Waals surface area contributed by atoms with Crippen molar-refractivity contribution in [2.75, 3.05) is 11.5 Å².